The average Bonchev–Trinajstić information content (AvgIpc) is 3.24. The number of pyridine rings is 1. The standard InChI is InChI=1S/C26H28N2OS/c1-26(2,16-12-22(29)10-8-20-6-4-3-5-7-20)17-13-23(30)11-9-21-14-18-27-25-24(21)15-19-28-25/h3-7,14-15,18-19H,9,11-13,16-17H2,1-2H3,(H,27,28). The highest BCUT2D eigenvalue weighted by molar-refractivity contribution is 7.80. The van der Waals surface area contributed by atoms with Crippen molar-refractivity contribution < 1.29 is 4.79 Å². The largest absolute Gasteiger partial charge is 0.346 e. The Hall–Kier alpha value is -2.77. The van der Waals surface area contributed by atoms with Crippen LogP contribution < -0.4 is 0 Å². The lowest BCUT2D eigenvalue weighted by Crippen LogP contribution is -2.15. The molecule has 0 aliphatic heterocycles. The summed E-state index contributed by atoms with van der Waals surface area (Å²) in [6.07, 6.45) is 8.81. The molecule has 0 unspecified atom stereocenters. The number of aromatic amines is 1. The third-order valence-corrected chi connectivity index (χ3v) is 5.86. The molecule has 0 radical (unpaired) electrons. The van der Waals surface area contributed by atoms with Crippen LogP contribution in [-0.2, 0) is 11.2 Å². The number of nitrogens with one attached hydrogen (secondary N) is 1. The minimum Gasteiger partial charge on any atom is -0.346 e. The first-order valence-corrected chi connectivity index (χ1v) is 10.9. The second-order valence-electron chi connectivity index (χ2n) is 8.45. The van der Waals surface area contributed by atoms with Crippen LogP contribution in [0.1, 0.15) is 57.1 Å². The number of hydrogen-bond acceptors (Lipinski definition) is 3. The maximum atomic E-state index is 12.1. The second-order valence-corrected chi connectivity index (χ2v) is 9.03. The molecule has 3 nitrogen and oxygen atoms in total. The first-order chi connectivity index (χ1) is 14.4. The van der Waals surface area contributed by atoms with E-state index < -0.39 is 0 Å². The zero-order valence-electron chi connectivity index (χ0n) is 17.7. The quantitative estimate of drug-likeness (QED) is 0.340. The molecular weight excluding hydrogens is 388 g/mol. The van der Waals surface area contributed by atoms with Crippen LogP contribution >= 0.6 is 12.2 Å². The SMILES string of the molecule is CC(C)(CCC(=O)C#Cc1ccccc1)CCC(=S)CCc1ccnc2[nH]ccc12. The van der Waals surface area contributed by atoms with Crippen LogP contribution in [0, 0.1) is 17.3 Å². The van der Waals surface area contributed by atoms with Gasteiger partial charge in [-0.25, -0.2) is 4.98 Å². The molecule has 2 heterocycles. The molecule has 0 spiro atoms. The summed E-state index contributed by atoms with van der Waals surface area (Å²) >= 11 is 5.64. The van der Waals surface area contributed by atoms with E-state index in [0.717, 1.165) is 48.2 Å². The smallest absolute Gasteiger partial charge is 0.205 e. The summed E-state index contributed by atoms with van der Waals surface area (Å²) in [6.45, 7) is 4.42. The van der Waals surface area contributed by atoms with Gasteiger partial charge in [-0.05, 0) is 78.1 Å². The number of benzene rings is 1. The number of H-pyrrole nitrogens is 1. The summed E-state index contributed by atoms with van der Waals surface area (Å²) in [5.41, 5.74) is 3.16. The average molecular weight is 417 g/mol. The lowest BCUT2D eigenvalue weighted by Gasteiger charge is -2.24. The highest BCUT2D eigenvalue weighted by atomic mass is 32.1. The molecular formula is C26H28N2OS. The van der Waals surface area contributed by atoms with Gasteiger partial charge in [-0.1, -0.05) is 50.2 Å². The number of rotatable bonds is 9. The van der Waals surface area contributed by atoms with Crippen LogP contribution in [0.2, 0.25) is 0 Å². The molecule has 1 aromatic carbocycles. The summed E-state index contributed by atoms with van der Waals surface area (Å²) in [4.78, 5) is 20.7. The van der Waals surface area contributed by atoms with Gasteiger partial charge in [0.25, 0.3) is 0 Å². The van der Waals surface area contributed by atoms with Gasteiger partial charge in [-0.3, -0.25) is 4.79 Å². The number of nitrogens with zero attached hydrogens (tertiary/aromatic N) is 1. The predicted molar refractivity (Wildman–Crippen MR) is 128 cm³/mol. The molecule has 0 atom stereocenters. The van der Waals surface area contributed by atoms with Crippen LogP contribution in [0.25, 0.3) is 11.0 Å². The van der Waals surface area contributed by atoms with Crippen LogP contribution in [0.15, 0.2) is 54.9 Å². The van der Waals surface area contributed by atoms with Gasteiger partial charge in [-0.15, -0.1) is 0 Å². The molecule has 0 amide bonds. The van der Waals surface area contributed by atoms with E-state index >= 15 is 0 Å². The number of Topliss-reactive ketones (excluding diaryl/α,β-unsaturated/α-hetero) is 1. The van der Waals surface area contributed by atoms with Crippen molar-refractivity contribution in [1.29, 1.82) is 0 Å². The maximum Gasteiger partial charge on any atom is 0.205 e. The normalized spacial score (nSPS) is 11.1. The van der Waals surface area contributed by atoms with Crippen molar-refractivity contribution in [2.75, 3.05) is 0 Å². The fraction of sp³-hybridized carbons (Fsp3) is 0.346. The van der Waals surface area contributed by atoms with E-state index in [2.05, 4.69) is 47.8 Å². The van der Waals surface area contributed by atoms with E-state index in [1.165, 1.54) is 10.9 Å². The van der Waals surface area contributed by atoms with Gasteiger partial charge in [-0.2, -0.15) is 0 Å². The van der Waals surface area contributed by atoms with E-state index in [1.54, 1.807) is 0 Å². The maximum absolute atomic E-state index is 12.1. The van der Waals surface area contributed by atoms with Crippen LogP contribution in [-0.4, -0.2) is 20.6 Å². The number of aromatic nitrogens is 2. The third-order valence-electron chi connectivity index (χ3n) is 5.45. The van der Waals surface area contributed by atoms with Gasteiger partial charge in [0.15, 0.2) is 0 Å². The van der Waals surface area contributed by atoms with Crippen molar-refractivity contribution in [3.8, 4) is 11.8 Å². The topological polar surface area (TPSA) is 45.8 Å². The Labute approximate surface area is 184 Å². The Morgan fingerprint density at radius 3 is 2.63 bits per heavy atom. The number of fused-ring (bicyclic) bond motifs is 1. The second kappa shape index (κ2) is 10.3. The van der Waals surface area contributed by atoms with E-state index in [-0.39, 0.29) is 11.2 Å². The molecule has 0 fully saturated rings. The zero-order valence-corrected chi connectivity index (χ0v) is 18.5. The summed E-state index contributed by atoms with van der Waals surface area (Å²) < 4.78 is 0. The van der Waals surface area contributed by atoms with Crippen LogP contribution in [0.3, 0.4) is 0 Å². The molecule has 30 heavy (non-hydrogen) atoms. The predicted octanol–water partition coefficient (Wildman–Crippen LogP) is 6.07. The zero-order chi connectivity index (χ0) is 21.4. The Kier molecular flexibility index (Phi) is 7.54. The van der Waals surface area contributed by atoms with E-state index in [4.69, 9.17) is 12.2 Å². The van der Waals surface area contributed by atoms with Gasteiger partial charge in [0.1, 0.15) is 5.65 Å². The Morgan fingerprint density at radius 2 is 1.83 bits per heavy atom. The number of carbonyl (C=O) groups is 1. The van der Waals surface area contributed by atoms with E-state index in [0.29, 0.717) is 6.42 Å². The van der Waals surface area contributed by atoms with Crippen molar-refractivity contribution >= 4 is 33.9 Å². The molecule has 3 aromatic rings. The fourth-order valence-electron chi connectivity index (χ4n) is 3.42. The molecule has 0 saturated carbocycles. The number of thiocarbonyl (C=S) groups is 1. The van der Waals surface area contributed by atoms with Gasteiger partial charge in [0.2, 0.25) is 5.78 Å². The van der Waals surface area contributed by atoms with Crippen molar-refractivity contribution in [1.82, 2.24) is 9.97 Å². The van der Waals surface area contributed by atoms with Crippen molar-refractivity contribution in [3.05, 3.63) is 66.0 Å². The first kappa shape index (κ1) is 21.9. The van der Waals surface area contributed by atoms with Gasteiger partial charge < -0.3 is 4.98 Å². The molecule has 1 N–H and O–H groups in total. The molecule has 154 valence electrons. The van der Waals surface area contributed by atoms with Gasteiger partial charge in [0.05, 0.1) is 0 Å². The lowest BCUT2D eigenvalue weighted by atomic mass is 9.82. The summed E-state index contributed by atoms with van der Waals surface area (Å²) in [7, 11) is 0. The number of carbonyl (C=O) groups excluding carboxylic acids is 1. The van der Waals surface area contributed by atoms with Gasteiger partial charge >= 0.3 is 0 Å². The number of hydrogen-bond donors (Lipinski definition) is 1. The number of aryl methyl sites for hydroxylation is 1. The molecule has 4 heteroatoms. The van der Waals surface area contributed by atoms with Crippen molar-refractivity contribution in [3.63, 3.8) is 0 Å². The molecule has 0 aliphatic rings. The number of ketones is 1. The fourth-order valence-corrected chi connectivity index (χ4v) is 3.62. The molecule has 0 aliphatic carbocycles. The molecule has 0 bridgehead atoms. The minimum atomic E-state index is 0.00251. The first-order valence-electron chi connectivity index (χ1n) is 10.5. The third kappa shape index (κ3) is 6.64. The highest BCUT2D eigenvalue weighted by Crippen LogP contribution is 2.29. The Balaban J connectivity index is 1.41. The summed E-state index contributed by atoms with van der Waals surface area (Å²) in [5, 5.41) is 1.18. The summed E-state index contributed by atoms with van der Waals surface area (Å²) in [5.74, 6) is 5.71. The van der Waals surface area contributed by atoms with E-state index in [9.17, 15) is 4.79 Å². The van der Waals surface area contributed by atoms with Gasteiger partial charge in [0, 0.05) is 29.8 Å². The van der Waals surface area contributed by atoms with Crippen LogP contribution in [0.5, 0.6) is 0 Å². The van der Waals surface area contributed by atoms with Crippen molar-refractivity contribution in [2.45, 2.75) is 52.4 Å². The molecule has 2 aromatic heterocycles. The monoisotopic (exact) mass is 416 g/mol. The van der Waals surface area contributed by atoms with Crippen LogP contribution in [0.4, 0.5) is 0 Å². The van der Waals surface area contributed by atoms with E-state index in [1.807, 2.05) is 42.7 Å². The Bertz CT molecular complexity index is 1070. The Morgan fingerprint density at radius 1 is 1.07 bits per heavy atom. The summed E-state index contributed by atoms with van der Waals surface area (Å²) in [6, 6.07) is 13.8. The van der Waals surface area contributed by atoms with Crippen molar-refractivity contribution in [2.24, 2.45) is 5.41 Å². The molecule has 0 saturated heterocycles. The highest BCUT2D eigenvalue weighted by Gasteiger charge is 2.19. The molecule has 3 rings (SSSR count). The lowest BCUT2D eigenvalue weighted by molar-refractivity contribution is -0.114. The minimum absolute atomic E-state index is 0.00251.